The molecule has 0 radical (unpaired) electrons. The van der Waals surface area contributed by atoms with E-state index in [-0.39, 0.29) is 24.0 Å². The summed E-state index contributed by atoms with van der Waals surface area (Å²) in [6.07, 6.45) is 1.84. The fourth-order valence-corrected chi connectivity index (χ4v) is 4.99. The van der Waals surface area contributed by atoms with Crippen LogP contribution >= 0.6 is 0 Å². The number of ether oxygens (including phenoxy) is 1. The van der Waals surface area contributed by atoms with E-state index in [0.29, 0.717) is 12.8 Å². The molecule has 0 unspecified atom stereocenters. The van der Waals surface area contributed by atoms with Crippen molar-refractivity contribution < 1.29 is 28.9 Å². The molecule has 180 valence electrons. The highest BCUT2D eigenvalue weighted by Crippen LogP contribution is 2.44. The van der Waals surface area contributed by atoms with Crippen LogP contribution in [0.5, 0.6) is 0 Å². The molecule has 1 heterocycles. The molecular formula is C25H24N4O6. The van der Waals surface area contributed by atoms with Crippen molar-refractivity contribution in [3.8, 4) is 11.1 Å². The largest absolute Gasteiger partial charge is 0.481 e. The van der Waals surface area contributed by atoms with Crippen LogP contribution in [0.2, 0.25) is 0 Å². The number of rotatable bonds is 6. The van der Waals surface area contributed by atoms with Gasteiger partial charge in [0.2, 0.25) is 11.5 Å². The molecule has 3 aromatic rings. The van der Waals surface area contributed by atoms with Gasteiger partial charge in [0.15, 0.2) is 0 Å². The Morgan fingerprint density at radius 2 is 1.63 bits per heavy atom. The number of amides is 2. The first kappa shape index (κ1) is 22.6. The van der Waals surface area contributed by atoms with E-state index in [1.807, 2.05) is 48.5 Å². The molecule has 0 bridgehead atoms. The number of hydrogen-bond acceptors (Lipinski definition) is 7. The minimum atomic E-state index is -0.953. The Labute approximate surface area is 200 Å². The van der Waals surface area contributed by atoms with E-state index >= 15 is 0 Å². The number of carboxylic acid groups (broad SMARTS) is 1. The summed E-state index contributed by atoms with van der Waals surface area (Å²) in [5, 5.41) is 21.7. The molecule has 35 heavy (non-hydrogen) atoms. The van der Waals surface area contributed by atoms with Gasteiger partial charge < -0.3 is 15.2 Å². The van der Waals surface area contributed by atoms with Gasteiger partial charge in [-0.2, -0.15) is 0 Å². The zero-order valence-electron chi connectivity index (χ0n) is 18.8. The van der Waals surface area contributed by atoms with E-state index in [9.17, 15) is 19.5 Å². The van der Waals surface area contributed by atoms with Crippen LogP contribution in [-0.2, 0) is 9.53 Å². The van der Waals surface area contributed by atoms with Gasteiger partial charge in [0.25, 0.3) is 5.91 Å². The molecule has 2 amide bonds. The van der Waals surface area contributed by atoms with Gasteiger partial charge in [-0.3, -0.25) is 14.9 Å². The van der Waals surface area contributed by atoms with Crippen molar-refractivity contribution in [1.29, 1.82) is 0 Å². The predicted molar refractivity (Wildman–Crippen MR) is 124 cm³/mol. The lowest BCUT2D eigenvalue weighted by atomic mass is 9.84. The smallest absolute Gasteiger partial charge is 0.412 e. The molecule has 5 rings (SSSR count). The summed E-state index contributed by atoms with van der Waals surface area (Å²) >= 11 is 0. The summed E-state index contributed by atoms with van der Waals surface area (Å²) < 4.78 is 10.1. The molecule has 2 aliphatic carbocycles. The van der Waals surface area contributed by atoms with Crippen molar-refractivity contribution in [3.05, 3.63) is 65.4 Å². The molecule has 1 saturated carbocycles. The van der Waals surface area contributed by atoms with Crippen LogP contribution in [0.25, 0.3) is 11.1 Å². The number of carboxylic acids is 1. The second-order valence-corrected chi connectivity index (χ2v) is 8.72. The summed E-state index contributed by atoms with van der Waals surface area (Å²) in [7, 11) is 0. The van der Waals surface area contributed by atoms with Crippen molar-refractivity contribution in [2.45, 2.75) is 37.6 Å². The van der Waals surface area contributed by atoms with Crippen LogP contribution in [0.1, 0.15) is 53.2 Å². The number of carbonyl (C=O) groups is 3. The van der Waals surface area contributed by atoms with E-state index in [1.165, 1.54) is 0 Å². The number of benzene rings is 2. The Hall–Kier alpha value is -4.21. The first-order chi connectivity index (χ1) is 17.0. The average Bonchev–Trinajstić information content (AvgIpc) is 3.45. The molecule has 10 heteroatoms. The van der Waals surface area contributed by atoms with Crippen molar-refractivity contribution in [2.75, 3.05) is 11.9 Å². The number of anilines is 1. The van der Waals surface area contributed by atoms with E-state index in [2.05, 4.69) is 25.6 Å². The molecule has 2 aliphatic rings. The molecular weight excluding hydrogens is 452 g/mol. The lowest BCUT2D eigenvalue weighted by Gasteiger charge is -2.28. The van der Waals surface area contributed by atoms with Crippen LogP contribution in [0.4, 0.5) is 10.6 Å². The average molecular weight is 476 g/mol. The molecule has 2 aromatic carbocycles. The fraction of sp³-hybridized carbons (Fsp3) is 0.320. The Balaban J connectivity index is 1.23. The molecule has 3 N–H and O–H groups in total. The van der Waals surface area contributed by atoms with Crippen LogP contribution in [0, 0.1) is 5.92 Å². The van der Waals surface area contributed by atoms with E-state index < -0.39 is 29.9 Å². The quantitative estimate of drug-likeness (QED) is 0.487. The maximum Gasteiger partial charge on any atom is 0.412 e. The van der Waals surface area contributed by atoms with Crippen LogP contribution < -0.4 is 10.6 Å². The number of aromatic nitrogens is 2. The van der Waals surface area contributed by atoms with Crippen LogP contribution in [0.3, 0.4) is 0 Å². The lowest BCUT2D eigenvalue weighted by Crippen LogP contribution is -2.45. The van der Waals surface area contributed by atoms with E-state index in [4.69, 9.17) is 4.74 Å². The summed E-state index contributed by atoms with van der Waals surface area (Å²) in [5.41, 5.74) is 4.13. The van der Waals surface area contributed by atoms with Gasteiger partial charge in [-0.25, -0.2) is 9.42 Å². The minimum Gasteiger partial charge on any atom is -0.481 e. The molecule has 0 saturated heterocycles. The first-order valence-corrected chi connectivity index (χ1v) is 11.5. The highest BCUT2D eigenvalue weighted by molar-refractivity contribution is 6.00. The number of fused-ring (bicyclic) bond motifs is 3. The Bertz CT molecular complexity index is 1230. The van der Waals surface area contributed by atoms with Crippen LogP contribution in [-0.4, -0.2) is 46.0 Å². The third-order valence-corrected chi connectivity index (χ3v) is 6.67. The Kier molecular flexibility index (Phi) is 6.17. The monoisotopic (exact) mass is 476 g/mol. The van der Waals surface area contributed by atoms with Crippen molar-refractivity contribution >= 4 is 23.8 Å². The number of carbonyl (C=O) groups excluding carboxylic acids is 2. The zero-order chi connectivity index (χ0) is 24.4. The normalized spacial score (nSPS) is 18.9. The maximum atomic E-state index is 12.7. The van der Waals surface area contributed by atoms with Gasteiger partial charge in [-0.15, -0.1) is 0 Å². The fourth-order valence-electron chi connectivity index (χ4n) is 4.99. The second-order valence-electron chi connectivity index (χ2n) is 8.72. The molecule has 0 aliphatic heterocycles. The van der Waals surface area contributed by atoms with Crippen molar-refractivity contribution in [2.24, 2.45) is 5.92 Å². The zero-order valence-corrected chi connectivity index (χ0v) is 18.8. The summed E-state index contributed by atoms with van der Waals surface area (Å²) in [6.45, 7) is 0.0923. The standard InChI is InChI=1S/C25H24N4O6/c30-23(26-20-12-6-5-11-18(20)24(31)32)21-22(29-35-28-21)27-25(33)34-13-19-16-9-3-1-7-14(16)15-8-2-4-10-17(15)19/h1-4,7-10,18-20H,5-6,11-13H2,(H,26,30)(H,31,32)(H,27,29,33)/t18-,20+/m1/s1. The van der Waals surface area contributed by atoms with Gasteiger partial charge in [0.05, 0.1) is 5.92 Å². The maximum absolute atomic E-state index is 12.7. The van der Waals surface area contributed by atoms with Crippen molar-refractivity contribution in [1.82, 2.24) is 15.6 Å². The van der Waals surface area contributed by atoms with E-state index in [0.717, 1.165) is 35.1 Å². The third-order valence-electron chi connectivity index (χ3n) is 6.67. The van der Waals surface area contributed by atoms with Gasteiger partial charge >= 0.3 is 12.1 Å². The third kappa shape index (κ3) is 4.46. The summed E-state index contributed by atoms with van der Waals surface area (Å²) in [5.74, 6) is -2.61. The highest BCUT2D eigenvalue weighted by Gasteiger charge is 2.34. The second kappa shape index (κ2) is 9.57. The van der Waals surface area contributed by atoms with Crippen molar-refractivity contribution in [3.63, 3.8) is 0 Å². The van der Waals surface area contributed by atoms with Gasteiger partial charge in [0, 0.05) is 12.0 Å². The number of hydrogen-bond donors (Lipinski definition) is 3. The first-order valence-electron chi connectivity index (χ1n) is 11.5. The number of nitrogens with one attached hydrogen (secondary N) is 2. The summed E-state index contributed by atoms with van der Waals surface area (Å²) in [4.78, 5) is 36.8. The Morgan fingerprint density at radius 1 is 0.971 bits per heavy atom. The number of nitrogens with zero attached hydrogens (tertiary/aromatic N) is 2. The van der Waals surface area contributed by atoms with Gasteiger partial charge in [-0.1, -0.05) is 61.4 Å². The lowest BCUT2D eigenvalue weighted by molar-refractivity contribution is -0.143. The Morgan fingerprint density at radius 3 is 2.31 bits per heavy atom. The molecule has 10 nitrogen and oxygen atoms in total. The molecule has 1 aromatic heterocycles. The predicted octanol–water partition coefficient (Wildman–Crippen LogP) is 3.80. The topological polar surface area (TPSA) is 144 Å². The molecule has 0 spiro atoms. The summed E-state index contributed by atoms with van der Waals surface area (Å²) in [6, 6.07) is 15.4. The van der Waals surface area contributed by atoms with E-state index in [1.54, 1.807) is 0 Å². The minimum absolute atomic E-state index is 0.0923. The highest BCUT2D eigenvalue weighted by atomic mass is 16.6. The molecule has 1 fully saturated rings. The SMILES string of the molecule is O=C(Nc1nonc1C(=O)N[C@H]1CCCC[C@H]1C(=O)O)OCC1c2ccccc2-c2ccccc21. The number of aliphatic carboxylic acids is 1. The van der Waals surface area contributed by atoms with Gasteiger partial charge in [-0.05, 0) is 45.4 Å². The van der Waals surface area contributed by atoms with Crippen LogP contribution in [0.15, 0.2) is 53.2 Å². The van der Waals surface area contributed by atoms with Gasteiger partial charge in [0.1, 0.15) is 6.61 Å². The molecule has 2 atom stereocenters.